The molecule has 20 nitrogen and oxygen atoms in total. The highest BCUT2D eigenvalue weighted by molar-refractivity contribution is 5.79. The number of allylic oxidation sites excluding steroid dienone is 2. The van der Waals surface area contributed by atoms with Crippen LogP contribution in [0.5, 0.6) is 0 Å². The van der Waals surface area contributed by atoms with E-state index in [9.17, 15) is 60.0 Å². The fourth-order valence-electron chi connectivity index (χ4n) is 14.7. The molecule has 0 radical (unpaired) electrons. The fraction of sp³-hybridized carbons (Fsp3) is 0.872. The van der Waals surface area contributed by atoms with Gasteiger partial charge in [-0.25, -0.2) is 14.4 Å². The molecule has 8 aliphatic rings. The summed E-state index contributed by atoms with van der Waals surface area (Å²) in [6, 6.07) is 0. The number of ether oxygens (including phenoxy) is 7. The third-order valence-corrected chi connectivity index (χ3v) is 18.7. The summed E-state index contributed by atoms with van der Waals surface area (Å²) in [5.74, 6) is -8.93. The molecule has 0 bridgehead atoms. The summed E-state index contributed by atoms with van der Waals surface area (Å²) in [6.07, 6.45) is -10.2. The summed E-state index contributed by atoms with van der Waals surface area (Å²) in [4.78, 5) is 50.6. The van der Waals surface area contributed by atoms with Gasteiger partial charge in [-0.1, -0.05) is 60.1 Å². The number of fused-ring (bicyclic) bond motifs is 8. The largest absolute Gasteiger partial charge is 0.480 e. The number of rotatable bonds is 10. The van der Waals surface area contributed by atoms with Crippen LogP contribution in [0.25, 0.3) is 0 Å². The number of hydrogen-bond donors (Lipinski definition) is 9. The predicted molar refractivity (Wildman–Crippen MR) is 226 cm³/mol. The van der Waals surface area contributed by atoms with Crippen LogP contribution in [0.2, 0.25) is 0 Å². The molecule has 2 unspecified atom stereocenters. The zero-order chi connectivity index (χ0) is 49.2. The molecular formula is C47H70O20. The molecular weight excluding hydrogens is 884 g/mol. The van der Waals surface area contributed by atoms with Crippen LogP contribution in [-0.4, -0.2) is 163 Å². The molecule has 0 aromatic rings. The molecule has 3 heterocycles. The van der Waals surface area contributed by atoms with Crippen LogP contribution < -0.4 is 0 Å². The number of carbonyl (C=O) groups is 4. The monoisotopic (exact) mass is 954 g/mol. The quantitative estimate of drug-likeness (QED) is 0.0854. The maximum absolute atomic E-state index is 14.7. The van der Waals surface area contributed by atoms with Crippen LogP contribution in [0.1, 0.15) is 113 Å². The second-order valence-corrected chi connectivity index (χ2v) is 22.9. The summed E-state index contributed by atoms with van der Waals surface area (Å²) < 4.78 is 40.0. The molecule has 3 saturated heterocycles. The van der Waals surface area contributed by atoms with Crippen molar-refractivity contribution in [1.82, 2.24) is 0 Å². The number of carboxylic acids is 3. The molecule has 378 valence electrons. The fourth-order valence-corrected chi connectivity index (χ4v) is 14.7. The Balaban J connectivity index is 1.03. The molecule has 4 saturated carbocycles. The average Bonchev–Trinajstić information content (AvgIpc) is 3.24. The van der Waals surface area contributed by atoms with E-state index in [2.05, 4.69) is 54.5 Å². The van der Waals surface area contributed by atoms with E-state index in [0.29, 0.717) is 32.1 Å². The normalized spacial score (nSPS) is 49.9. The maximum atomic E-state index is 14.7. The minimum atomic E-state index is -3.34. The van der Waals surface area contributed by atoms with Crippen molar-refractivity contribution < 1.29 is 98.3 Å². The number of carboxylic acid groups (broad SMARTS) is 3. The molecule has 5 aliphatic carbocycles. The zero-order valence-electron chi connectivity index (χ0n) is 39.2. The lowest BCUT2D eigenvalue weighted by Crippen LogP contribution is -2.72. The molecule has 7 fully saturated rings. The van der Waals surface area contributed by atoms with E-state index in [-0.39, 0.29) is 39.4 Å². The van der Waals surface area contributed by atoms with Gasteiger partial charge < -0.3 is 79.1 Å². The number of aliphatic hydroxyl groups is 6. The first kappa shape index (κ1) is 50.5. The zero-order valence-corrected chi connectivity index (χ0v) is 39.2. The standard InChI is InChI=1S/C47H70O20/c1-41(2)14-16-46(39(59)66-36-30(53)29(52)28(51)23(19-48)62-36)17-15-44(6)21(22(46)18-41)8-9-25-43(5)12-11-26(42(3,4)24(43)10-13-45(25,44)7)63-37-31(54)32-33(34(64-37)35(55)56)67-47(60,38(57)58)40(65-32)61-20-27(49)50/h8,22-26,28-34,36-37,40,48,51-54,60H,9-20H2,1-7H3,(H,49,50)(H,55,56)(H,57,58)/t22-,23+,24?,25?,26-,28+,29-,30+,31+,32+,33-,34-,36-,37+,40-,43-,44+,45+,46-,47-/m0/s1. The number of aliphatic carboxylic acids is 3. The number of hydrogen-bond acceptors (Lipinski definition) is 17. The summed E-state index contributed by atoms with van der Waals surface area (Å²) in [6.45, 7) is 14.0. The molecule has 0 aromatic carbocycles. The highest BCUT2D eigenvalue weighted by Gasteiger charge is 2.71. The topological polar surface area (TPSA) is 315 Å². The van der Waals surface area contributed by atoms with Crippen molar-refractivity contribution >= 4 is 23.9 Å². The van der Waals surface area contributed by atoms with Crippen LogP contribution in [-0.2, 0) is 52.3 Å². The molecule has 9 N–H and O–H groups in total. The second kappa shape index (κ2) is 17.2. The van der Waals surface area contributed by atoms with Gasteiger partial charge in [0.2, 0.25) is 12.6 Å². The van der Waals surface area contributed by atoms with Gasteiger partial charge in [0.25, 0.3) is 0 Å². The Labute approximate surface area is 388 Å². The Morgan fingerprint density at radius 2 is 1.45 bits per heavy atom. The van der Waals surface area contributed by atoms with Crippen molar-refractivity contribution in [2.45, 2.75) is 192 Å². The van der Waals surface area contributed by atoms with Crippen molar-refractivity contribution in [1.29, 1.82) is 0 Å². The van der Waals surface area contributed by atoms with Crippen molar-refractivity contribution in [3.8, 4) is 0 Å². The van der Waals surface area contributed by atoms with E-state index in [0.717, 1.165) is 32.1 Å². The third-order valence-electron chi connectivity index (χ3n) is 18.7. The highest BCUT2D eigenvalue weighted by Crippen LogP contribution is 2.76. The molecule has 20 heteroatoms. The molecule has 0 aromatic heterocycles. The van der Waals surface area contributed by atoms with Crippen LogP contribution in [0, 0.1) is 50.2 Å². The summed E-state index contributed by atoms with van der Waals surface area (Å²) in [5.41, 5.74) is -1.07. The van der Waals surface area contributed by atoms with Crippen molar-refractivity contribution in [3.05, 3.63) is 11.6 Å². The maximum Gasteiger partial charge on any atom is 0.369 e. The second-order valence-electron chi connectivity index (χ2n) is 22.9. The van der Waals surface area contributed by atoms with Crippen LogP contribution in [0.4, 0.5) is 0 Å². The molecule has 67 heavy (non-hydrogen) atoms. The van der Waals surface area contributed by atoms with E-state index in [1.807, 2.05) is 0 Å². The van der Waals surface area contributed by atoms with Gasteiger partial charge in [0.15, 0.2) is 12.4 Å². The van der Waals surface area contributed by atoms with Crippen LogP contribution in [0.3, 0.4) is 0 Å². The van der Waals surface area contributed by atoms with Crippen molar-refractivity contribution in [2.24, 2.45) is 50.2 Å². The molecule has 8 rings (SSSR count). The summed E-state index contributed by atoms with van der Waals surface area (Å²) in [5, 5.41) is 93.2. The third kappa shape index (κ3) is 7.78. The van der Waals surface area contributed by atoms with Gasteiger partial charge in [0.05, 0.1) is 18.1 Å². The van der Waals surface area contributed by atoms with Crippen molar-refractivity contribution in [2.75, 3.05) is 13.2 Å². The average molecular weight is 955 g/mol. The van der Waals surface area contributed by atoms with Gasteiger partial charge in [-0.2, -0.15) is 0 Å². The first-order valence-electron chi connectivity index (χ1n) is 23.7. The Morgan fingerprint density at radius 1 is 0.761 bits per heavy atom. The lowest BCUT2D eigenvalue weighted by Gasteiger charge is -2.71. The van der Waals surface area contributed by atoms with E-state index in [1.165, 1.54) is 5.57 Å². The van der Waals surface area contributed by atoms with Gasteiger partial charge in [0.1, 0.15) is 49.3 Å². The number of esters is 1. The predicted octanol–water partition coefficient (Wildman–Crippen LogP) is 1.67. The molecule has 20 atom stereocenters. The highest BCUT2D eigenvalue weighted by atomic mass is 16.8. The van der Waals surface area contributed by atoms with Gasteiger partial charge in [-0.3, -0.25) is 4.79 Å². The lowest BCUT2D eigenvalue weighted by atomic mass is 9.33. The van der Waals surface area contributed by atoms with Crippen LogP contribution in [0.15, 0.2) is 11.6 Å². The van der Waals surface area contributed by atoms with E-state index in [1.54, 1.807) is 0 Å². The summed E-state index contributed by atoms with van der Waals surface area (Å²) >= 11 is 0. The Bertz CT molecular complexity index is 1990. The molecule has 0 spiro atoms. The Kier molecular flexibility index (Phi) is 13.0. The summed E-state index contributed by atoms with van der Waals surface area (Å²) in [7, 11) is 0. The van der Waals surface area contributed by atoms with Crippen LogP contribution >= 0.6 is 0 Å². The van der Waals surface area contributed by atoms with E-state index in [4.69, 9.17) is 38.3 Å². The minimum Gasteiger partial charge on any atom is -0.480 e. The Morgan fingerprint density at radius 3 is 2.09 bits per heavy atom. The smallest absolute Gasteiger partial charge is 0.369 e. The first-order valence-corrected chi connectivity index (χ1v) is 23.7. The lowest BCUT2D eigenvalue weighted by molar-refractivity contribution is -0.435. The Hall–Kier alpha value is -2.86. The van der Waals surface area contributed by atoms with Gasteiger partial charge in [0, 0.05) is 0 Å². The van der Waals surface area contributed by atoms with E-state index < -0.39 is 128 Å². The number of carbonyl (C=O) groups excluding carboxylic acids is 1. The molecule has 0 amide bonds. The minimum absolute atomic E-state index is 0.0811. The van der Waals surface area contributed by atoms with E-state index >= 15 is 0 Å². The van der Waals surface area contributed by atoms with Crippen molar-refractivity contribution in [3.63, 3.8) is 0 Å². The number of aliphatic hydroxyl groups excluding tert-OH is 5. The first-order chi connectivity index (χ1) is 31.1. The van der Waals surface area contributed by atoms with Gasteiger partial charge >= 0.3 is 29.7 Å². The van der Waals surface area contributed by atoms with Gasteiger partial charge in [-0.15, -0.1) is 0 Å². The molecule has 3 aliphatic heterocycles. The SMILES string of the molecule is CC1(C)CC[C@]2(C(=O)O[C@@H]3O[C@H](CO)[C@@H](O)[C@H](O)[C@H]3O)CC[C@]3(C)C(=CCC4[C@@]5(C)CC[C@H](O[C@@H]6O[C@H](C(=O)O)[C@H]7O[C@@](O)(C(=O)O)[C@@H](OCC(=O)O)O[C@@H]7[C@H]6O)C(C)(C)C5CC[C@]43C)[C@@H]2C1. The van der Waals surface area contributed by atoms with Gasteiger partial charge in [-0.05, 0) is 109 Å².